The molecule has 0 atom stereocenters. The fourth-order valence-electron chi connectivity index (χ4n) is 2.55. The van der Waals surface area contributed by atoms with Crippen LogP contribution in [-0.4, -0.2) is 23.0 Å². The Bertz CT molecular complexity index is 425. The highest BCUT2D eigenvalue weighted by molar-refractivity contribution is 5.99. The van der Waals surface area contributed by atoms with Crippen molar-refractivity contribution in [3.63, 3.8) is 0 Å². The van der Waals surface area contributed by atoms with Crippen LogP contribution in [0.2, 0.25) is 0 Å². The molecule has 0 radical (unpaired) electrons. The molecule has 4 nitrogen and oxygen atoms in total. The molecule has 1 heterocycles. The smallest absolute Gasteiger partial charge is 0.253 e. The van der Waals surface area contributed by atoms with E-state index < -0.39 is 0 Å². The molecule has 0 unspecified atom stereocenters. The Morgan fingerprint density at radius 3 is 2.83 bits per heavy atom. The average Bonchev–Trinajstić information content (AvgIpc) is 2.77. The molecular weight excluding hydrogens is 226 g/mol. The molecule has 1 saturated carbocycles. The lowest BCUT2D eigenvalue weighted by atomic mass is 10.00. The van der Waals surface area contributed by atoms with E-state index in [9.17, 15) is 4.79 Å². The van der Waals surface area contributed by atoms with Crippen molar-refractivity contribution < 1.29 is 4.79 Å². The van der Waals surface area contributed by atoms with E-state index in [1.165, 1.54) is 12.8 Å². The van der Waals surface area contributed by atoms with Gasteiger partial charge in [0.2, 0.25) is 0 Å². The fourth-order valence-corrected chi connectivity index (χ4v) is 2.55. The van der Waals surface area contributed by atoms with E-state index in [0.717, 1.165) is 25.1 Å². The number of rotatable bonds is 4. The number of hydrogen-bond acceptors (Lipinski definition) is 3. The van der Waals surface area contributed by atoms with Gasteiger partial charge in [-0.05, 0) is 32.8 Å². The Balaban J connectivity index is 2.13. The molecule has 1 aliphatic rings. The van der Waals surface area contributed by atoms with Crippen molar-refractivity contribution in [3.8, 4) is 0 Å². The van der Waals surface area contributed by atoms with Crippen LogP contribution in [0.1, 0.15) is 49.9 Å². The summed E-state index contributed by atoms with van der Waals surface area (Å²) in [5, 5.41) is 6.33. The number of anilines is 1. The molecule has 1 amide bonds. The fraction of sp³-hybridized carbons (Fsp3) is 0.571. The molecule has 0 aliphatic heterocycles. The first kappa shape index (κ1) is 12.9. The van der Waals surface area contributed by atoms with Gasteiger partial charge in [0, 0.05) is 18.3 Å². The van der Waals surface area contributed by atoms with E-state index in [2.05, 4.69) is 22.5 Å². The van der Waals surface area contributed by atoms with Crippen molar-refractivity contribution in [1.82, 2.24) is 10.3 Å². The van der Waals surface area contributed by atoms with E-state index in [-0.39, 0.29) is 11.4 Å². The maximum Gasteiger partial charge on any atom is 0.253 e. The highest BCUT2D eigenvalue weighted by atomic mass is 16.1. The maximum absolute atomic E-state index is 12.3. The largest absolute Gasteiger partial charge is 0.383 e. The third-order valence-corrected chi connectivity index (χ3v) is 3.56. The first-order chi connectivity index (χ1) is 8.64. The Labute approximate surface area is 108 Å². The lowest BCUT2D eigenvalue weighted by molar-refractivity contribution is 0.0909. The highest BCUT2D eigenvalue weighted by Gasteiger charge is 2.30. The number of pyridine rings is 1. The van der Waals surface area contributed by atoms with Gasteiger partial charge < -0.3 is 10.6 Å². The van der Waals surface area contributed by atoms with Crippen LogP contribution < -0.4 is 10.6 Å². The monoisotopic (exact) mass is 247 g/mol. The van der Waals surface area contributed by atoms with Crippen LogP contribution in [0.15, 0.2) is 18.5 Å². The zero-order valence-electron chi connectivity index (χ0n) is 11.1. The van der Waals surface area contributed by atoms with Gasteiger partial charge in [0.1, 0.15) is 0 Å². The van der Waals surface area contributed by atoms with E-state index in [1.807, 2.05) is 6.92 Å². The molecule has 1 aromatic rings. The van der Waals surface area contributed by atoms with Gasteiger partial charge in [-0.1, -0.05) is 12.8 Å². The molecule has 4 heteroatoms. The molecule has 2 N–H and O–H groups in total. The van der Waals surface area contributed by atoms with E-state index in [4.69, 9.17) is 0 Å². The molecule has 0 spiro atoms. The lowest BCUT2D eigenvalue weighted by Gasteiger charge is -2.25. The van der Waals surface area contributed by atoms with Gasteiger partial charge in [0.25, 0.3) is 5.91 Å². The molecule has 18 heavy (non-hydrogen) atoms. The quantitative estimate of drug-likeness (QED) is 0.859. The van der Waals surface area contributed by atoms with Gasteiger partial charge in [-0.25, -0.2) is 0 Å². The zero-order valence-corrected chi connectivity index (χ0v) is 11.1. The third kappa shape index (κ3) is 2.81. The van der Waals surface area contributed by atoms with Crippen LogP contribution in [0.3, 0.4) is 0 Å². The summed E-state index contributed by atoms with van der Waals surface area (Å²) in [6.07, 6.45) is 7.91. The molecule has 98 valence electrons. The maximum atomic E-state index is 12.3. The summed E-state index contributed by atoms with van der Waals surface area (Å²) < 4.78 is 0. The van der Waals surface area contributed by atoms with Crippen LogP contribution in [0.25, 0.3) is 0 Å². The van der Waals surface area contributed by atoms with E-state index >= 15 is 0 Å². The number of nitrogens with zero attached hydrogens (tertiary/aromatic N) is 1. The van der Waals surface area contributed by atoms with Crippen LogP contribution >= 0.6 is 0 Å². The zero-order chi connectivity index (χ0) is 13.0. The molecule has 0 saturated heterocycles. The summed E-state index contributed by atoms with van der Waals surface area (Å²) in [4.78, 5) is 16.4. The summed E-state index contributed by atoms with van der Waals surface area (Å²) in [6, 6.07) is 1.77. The van der Waals surface area contributed by atoms with Gasteiger partial charge in [-0.2, -0.15) is 0 Å². The first-order valence-electron chi connectivity index (χ1n) is 6.65. The Morgan fingerprint density at radius 2 is 2.17 bits per heavy atom. The topological polar surface area (TPSA) is 54.0 Å². The van der Waals surface area contributed by atoms with Crippen molar-refractivity contribution in [2.45, 2.75) is 45.1 Å². The van der Waals surface area contributed by atoms with Crippen LogP contribution in [-0.2, 0) is 0 Å². The van der Waals surface area contributed by atoms with Gasteiger partial charge in [0.15, 0.2) is 0 Å². The van der Waals surface area contributed by atoms with Gasteiger partial charge in [-0.3, -0.25) is 9.78 Å². The van der Waals surface area contributed by atoms with Crippen molar-refractivity contribution in [1.29, 1.82) is 0 Å². The molecule has 1 fully saturated rings. The number of aromatic nitrogens is 1. The molecule has 2 rings (SSSR count). The molecule has 1 aliphatic carbocycles. The summed E-state index contributed by atoms with van der Waals surface area (Å²) in [6.45, 7) is 4.92. The van der Waals surface area contributed by atoms with Crippen molar-refractivity contribution in [2.24, 2.45) is 0 Å². The SMILES string of the molecule is CCNc1cnccc1C(=O)NC1(C)CCCC1. The minimum absolute atomic E-state index is 0.00208. The van der Waals surface area contributed by atoms with Crippen LogP contribution in [0.4, 0.5) is 5.69 Å². The predicted molar refractivity (Wildman–Crippen MR) is 72.7 cm³/mol. The van der Waals surface area contributed by atoms with Crippen molar-refractivity contribution >= 4 is 11.6 Å². The Hall–Kier alpha value is -1.58. The van der Waals surface area contributed by atoms with E-state index in [0.29, 0.717) is 5.56 Å². The minimum Gasteiger partial charge on any atom is -0.383 e. The van der Waals surface area contributed by atoms with Crippen LogP contribution in [0, 0.1) is 0 Å². The molecule has 0 bridgehead atoms. The predicted octanol–water partition coefficient (Wildman–Crippen LogP) is 2.58. The molecule has 1 aromatic heterocycles. The summed E-state index contributed by atoms with van der Waals surface area (Å²) in [5.74, 6) is -0.00208. The normalized spacial score (nSPS) is 17.4. The minimum atomic E-state index is -0.0379. The van der Waals surface area contributed by atoms with Gasteiger partial charge in [0.05, 0.1) is 17.4 Å². The van der Waals surface area contributed by atoms with E-state index in [1.54, 1.807) is 18.5 Å². The standard InChI is InChI=1S/C14H21N3O/c1-3-16-12-10-15-9-6-11(12)13(18)17-14(2)7-4-5-8-14/h6,9-10,16H,3-5,7-8H2,1-2H3,(H,17,18). The number of nitrogens with one attached hydrogen (secondary N) is 2. The number of amides is 1. The Morgan fingerprint density at radius 1 is 1.44 bits per heavy atom. The van der Waals surface area contributed by atoms with Crippen molar-refractivity contribution in [2.75, 3.05) is 11.9 Å². The molecular formula is C14H21N3O. The summed E-state index contributed by atoms with van der Waals surface area (Å²) >= 11 is 0. The van der Waals surface area contributed by atoms with Crippen LogP contribution in [0.5, 0.6) is 0 Å². The summed E-state index contributed by atoms with van der Waals surface area (Å²) in [5.41, 5.74) is 1.45. The highest BCUT2D eigenvalue weighted by Crippen LogP contribution is 2.29. The second kappa shape index (κ2) is 5.38. The molecule has 0 aromatic carbocycles. The van der Waals surface area contributed by atoms with Gasteiger partial charge >= 0.3 is 0 Å². The Kier molecular flexibility index (Phi) is 3.84. The summed E-state index contributed by atoms with van der Waals surface area (Å²) in [7, 11) is 0. The lowest BCUT2D eigenvalue weighted by Crippen LogP contribution is -2.43. The first-order valence-corrected chi connectivity index (χ1v) is 6.65. The second-order valence-corrected chi connectivity index (χ2v) is 5.17. The number of carbonyl (C=O) groups is 1. The van der Waals surface area contributed by atoms with Gasteiger partial charge in [-0.15, -0.1) is 0 Å². The second-order valence-electron chi connectivity index (χ2n) is 5.17. The van der Waals surface area contributed by atoms with Crippen molar-refractivity contribution in [3.05, 3.63) is 24.0 Å². The third-order valence-electron chi connectivity index (χ3n) is 3.56. The number of carbonyl (C=O) groups excluding carboxylic acids is 1. The average molecular weight is 247 g/mol. The number of hydrogen-bond donors (Lipinski definition) is 2.